The maximum atomic E-state index is 4.21. The van der Waals surface area contributed by atoms with Gasteiger partial charge in [0.25, 0.3) is 0 Å². The molecule has 1 N–H and O–H groups in total. The fourth-order valence-electron chi connectivity index (χ4n) is 1.99. The summed E-state index contributed by atoms with van der Waals surface area (Å²) >= 11 is 5.30. The molecule has 0 amide bonds. The van der Waals surface area contributed by atoms with Crippen LogP contribution in [-0.2, 0) is 0 Å². The van der Waals surface area contributed by atoms with Crippen LogP contribution < -0.4 is 5.32 Å². The third-order valence-corrected chi connectivity index (χ3v) is 5.98. The number of aromatic nitrogens is 2. The Labute approximate surface area is 109 Å². The van der Waals surface area contributed by atoms with Crippen molar-refractivity contribution in [1.82, 2.24) is 15.5 Å². The van der Waals surface area contributed by atoms with Crippen LogP contribution in [0.25, 0.3) is 0 Å². The van der Waals surface area contributed by atoms with Crippen LogP contribution in [0.1, 0.15) is 26.2 Å². The second-order valence-electron chi connectivity index (χ2n) is 3.85. The largest absolute Gasteiger partial charge is 0.314 e. The minimum absolute atomic E-state index is 0.718. The molecule has 1 aromatic rings. The van der Waals surface area contributed by atoms with Crippen molar-refractivity contribution in [3.05, 3.63) is 0 Å². The summed E-state index contributed by atoms with van der Waals surface area (Å²) in [5.74, 6) is 0. The Balaban J connectivity index is 1.82. The van der Waals surface area contributed by atoms with Gasteiger partial charge in [0.2, 0.25) is 0 Å². The maximum absolute atomic E-state index is 4.21. The predicted molar refractivity (Wildman–Crippen MR) is 72.7 cm³/mol. The molecule has 0 saturated heterocycles. The summed E-state index contributed by atoms with van der Waals surface area (Å²) in [4.78, 5) is 0. The highest BCUT2D eigenvalue weighted by molar-refractivity contribution is 8.03. The van der Waals surface area contributed by atoms with Crippen LogP contribution in [0.2, 0.25) is 0 Å². The Hall–Kier alpha value is 0.220. The van der Waals surface area contributed by atoms with Crippen LogP contribution in [0.15, 0.2) is 8.68 Å². The van der Waals surface area contributed by atoms with E-state index < -0.39 is 0 Å². The lowest BCUT2D eigenvalue weighted by molar-refractivity contribution is 0.543. The van der Waals surface area contributed by atoms with Crippen molar-refractivity contribution in [2.75, 3.05) is 12.8 Å². The Kier molecular flexibility index (Phi) is 4.94. The zero-order chi connectivity index (χ0) is 11.4. The van der Waals surface area contributed by atoms with E-state index in [0.717, 1.165) is 26.5 Å². The number of hydrogen-bond donors (Lipinski definition) is 1. The van der Waals surface area contributed by atoms with Crippen molar-refractivity contribution in [2.45, 2.75) is 46.2 Å². The van der Waals surface area contributed by atoms with Gasteiger partial charge in [0.1, 0.15) is 0 Å². The molecular formula is C10H17N3S3. The Morgan fingerprint density at radius 1 is 1.38 bits per heavy atom. The van der Waals surface area contributed by atoms with Crippen molar-refractivity contribution in [3.63, 3.8) is 0 Å². The number of hydrogen-bond acceptors (Lipinski definition) is 6. The standard InChI is InChI=1S/C10H17N3S3/c1-3-11-7-4-5-8(6-7)15-10-13-12-9(14-2)16-10/h7-8,11H,3-6H2,1-2H3. The molecule has 1 saturated carbocycles. The van der Waals surface area contributed by atoms with E-state index in [-0.39, 0.29) is 0 Å². The van der Waals surface area contributed by atoms with Gasteiger partial charge in [-0.15, -0.1) is 10.2 Å². The number of nitrogens with zero attached hydrogens (tertiary/aromatic N) is 2. The Morgan fingerprint density at radius 2 is 2.19 bits per heavy atom. The molecule has 1 aliphatic rings. The van der Waals surface area contributed by atoms with Crippen molar-refractivity contribution in [2.24, 2.45) is 0 Å². The quantitative estimate of drug-likeness (QED) is 0.836. The van der Waals surface area contributed by atoms with Crippen molar-refractivity contribution >= 4 is 34.9 Å². The highest BCUT2D eigenvalue weighted by atomic mass is 32.2. The lowest BCUT2D eigenvalue weighted by Crippen LogP contribution is -2.25. The van der Waals surface area contributed by atoms with E-state index >= 15 is 0 Å². The zero-order valence-electron chi connectivity index (χ0n) is 9.60. The molecule has 1 aromatic heterocycles. The molecule has 0 spiro atoms. The van der Waals surface area contributed by atoms with E-state index in [1.807, 2.05) is 18.0 Å². The molecule has 6 heteroatoms. The SMILES string of the molecule is CCNC1CCC(Sc2nnc(SC)s2)C1. The first kappa shape index (κ1) is 12.7. The van der Waals surface area contributed by atoms with Crippen LogP contribution in [0.4, 0.5) is 0 Å². The molecule has 16 heavy (non-hydrogen) atoms. The molecule has 0 bridgehead atoms. The predicted octanol–water partition coefficient (Wildman–Crippen LogP) is 2.88. The molecule has 0 aliphatic heterocycles. The zero-order valence-corrected chi connectivity index (χ0v) is 12.1. The summed E-state index contributed by atoms with van der Waals surface area (Å²) in [5, 5.41) is 12.6. The highest BCUT2D eigenvalue weighted by Crippen LogP contribution is 2.37. The van der Waals surface area contributed by atoms with Gasteiger partial charge in [0, 0.05) is 11.3 Å². The minimum atomic E-state index is 0.718. The van der Waals surface area contributed by atoms with Crippen LogP contribution in [-0.4, -0.2) is 34.3 Å². The maximum Gasteiger partial charge on any atom is 0.175 e. The van der Waals surface area contributed by atoms with E-state index in [0.29, 0.717) is 0 Å². The van der Waals surface area contributed by atoms with Gasteiger partial charge in [-0.1, -0.05) is 41.8 Å². The summed E-state index contributed by atoms with van der Waals surface area (Å²) in [6.07, 6.45) is 5.93. The first-order chi connectivity index (χ1) is 7.81. The Morgan fingerprint density at radius 3 is 2.88 bits per heavy atom. The smallest absolute Gasteiger partial charge is 0.175 e. The van der Waals surface area contributed by atoms with Gasteiger partial charge in [-0.2, -0.15) is 0 Å². The molecule has 0 aromatic carbocycles. The van der Waals surface area contributed by atoms with Crippen molar-refractivity contribution in [3.8, 4) is 0 Å². The molecule has 1 heterocycles. The second kappa shape index (κ2) is 6.23. The molecule has 2 unspecified atom stereocenters. The third kappa shape index (κ3) is 3.35. The molecular weight excluding hydrogens is 258 g/mol. The molecule has 1 fully saturated rings. The van der Waals surface area contributed by atoms with Gasteiger partial charge >= 0.3 is 0 Å². The van der Waals surface area contributed by atoms with Crippen molar-refractivity contribution < 1.29 is 0 Å². The molecule has 2 rings (SSSR count). The van der Waals surface area contributed by atoms with E-state index in [9.17, 15) is 0 Å². The van der Waals surface area contributed by atoms with Gasteiger partial charge in [-0.25, -0.2) is 0 Å². The second-order valence-corrected chi connectivity index (χ2v) is 7.42. The first-order valence-corrected chi connectivity index (χ1v) is 8.51. The van der Waals surface area contributed by atoms with Crippen LogP contribution in [0.5, 0.6) is 0 Å². The fourth-order valence-corrected chi connectivity index (χ4v) is 4.95. The summed E-state index contributed by atoms with van der Waals surface area (Å²) in [5.41, 5.74) is 0. The monoisotopic (exact) mass is 275 g/mol. The summed E-state index contributed by atoms with van der Waals surface area (Å²) in [7, 11) is 0. The molecule has 2 atom stereocenters. The van der Waals surface area contributed by atoms with Crippen LogP contribution >= 0.6 is 34.9 Å². The molecule has 3 nitrogen and oxygen atoms in total. The van der Waals surface area contributed by atoms with Gasteiger partial charge in [-0.05, 0) is 32.1 Å². The summed E-state index contributed by atoms with van der Waals surface area (Å²) < 4.78 is 2.20. The van der Waals surface area contributed by atoms with E-state index in [1.165, 1.54) is 19.3 Å². The third-order valence-electron chi connectivity index (χ3n) is 2.71. The summed E-state index contributed by atoms with van der Waals surface area (Å²) in [6.45, 7) is 3.26. The van der Waals surface area contributed by atoms with Crippen LogP contribution in [0.3, 0.4) is 0 Å². The van der Waals surface area contributed by atoms with Gasteiger partial charge < -0.3 is 5.32 Å². The van der Waals surface area contributed by atoms with Gasteiger partial charge in [0.15, 0.2) is 8.68 Å². The van der Waals surface area contributed by atoms with E-state index in [2.05, 4.69) is 22.4 Å². The topological polar surface area (TPSA) is 37.8 Å². The van der Waals surface area contributed by atoms with Crippen molar-refractivity contribution in [1.29, 1.82) is 0 Å². The minimum Gasteiger partial charge on any atom is -0.314 e. The van der Waals surface area contributed by atoms with Crippen LogP contribution in [0, 0.1) is 0 Å². The fraction of sp³-hybridized carbons (Fsp3) is 0.800. The average molecular weight is 275 g/mol. The highest BCUT2D eigenvalue weighted by Gasteiger charge is 2.25. The average Bonchev–Trinajstić information content (AvgIpc) is 2.89. The lowest BCUT2D eigenvalue weighted by atomic mass is 10.2. The Bertz CT molecular complexity index is 329. The molecule has 0 radical (unpaired) electrons. The van der Waals surface area contributed by atoms with Gasteiger partial charge in [-0.3, -0.25) is 0 Å². The first-order valence-electron chi connectivity index (χ1n) is 5.59. The number of rotatable bonds is 5. The van der Waals surface area contributed by atoms with Gasteiger partial charge in [0.05, 0.1) is 0 Å². The normalized spacial score (nSPS) is 25.1. The van der Waals surface area contributed by atoms with E-state index in [4.69, 9.17) is 0 Å². The number of thioether (sulfide) groups is 2. The lowest BCUT2D eigenvalue weighted by Gasteiger charge is -2.10. The summed E-state index contributed by atoms with van der Waals surface area (Å²) in [6, 6.07) is 0.718. The molecule has 90 valence electrons. The number of nitrogens with one attached hydrogen (secondary N) is 1. The molecule has 1 aliphatic carbocycles. The van der Waals surface area contributed by atoms with E-state index in [1.54, 1.807) is 23.1 Å².